The summed E-state index contributed by atoms with van der Waals surface area (Å²) in [6, 6.07) is 0. The standard InChI is InChI=1S/C10H20N2O3/c1-7(2)4-12(6-9(11)13)5-8(3)10(14)15/h7-8H,4-6H2,1-3H3,(H2,11,13)(H,14,15). The van der Waals surface area contributed by atoms with Crippen LogP contribution in [0.25, 0.3) is 0 Å². The molecule has 0 saturated heterocycles. The fourth-order valence-corrected chi connectivity index (χ4v) is 1.41. The van der Waals surface area contributed by atoms with Crippen molar-refractivity contribution in [1.82, 2.24) is 4.90 Å². The molecule has 0 aliphatic heterocycles. The summed E-state index contributed by atoms with van der Waals surface area (Å²) in [6.07, 6.45) is 0. The summed E-state index contributed by atoms with van der Waals surface area (Å²) in [5, 5.41) is 8.76. The predicted octanol–water partition coefficient (Wildman–Crippen LogP) is 0.150. The van der Waals surface area contributed by atoms with Crippen molar-refractivity contribution in [2.24, 2.45) is 17.6 Å². The highest BCUT2D eigenvalue weighted by molar-refractivity contribution is 5.76. The molecule has 0 saturated carbocycles. The van der Waals surface area contributed by atoms with Crippen LogP contribution in [0.3, 0.4) is 0 Å². The summed E-state index contributed by atoms with van der Waals surface area (Å²) in [6.45, 7) is 6.81. The quantitative estimate of drug-likeness (QED) is 0.634. The van der Waals surface area contributed by atoms with E-state index in [2.05, 4.69) is 0 Å². The van der Waals surface area contributed by atoms with Crippen molar-refractivity contribution in [3.05, 3.63) is 0 Å². The van der Waals surface area contributed by atoms with Crippen LogP contribution >= 0.6 is 0 Å². The second-order valence-corrected chi connectivity index (χ2v) is 4.29. The molecule has 0 spiro atoms. The van der Waals surface area contributed by atoms with Gasteiger partial charge in [0, 0.05) is 13.1 Å². The minimum absolute atomic E-state index is 0.121. The predicted molar refractivity (Wildman–Crippen MR) is 57.3 cm³/mol. The van der Waals surface area contributed by atoms with E-state index in [1.165, 1.54) is 0 Å². The monoisotopic (exact) mass is 216 g/mol. The first kappa shape index (κ1) is 13.9. The first-order valence-corrected chi connectivity index (χ1v) is 5.06. The summed E-state index contributed by atoms with van der Waals surface area (Å²) in [5.74, 6) is -1.38. The lowest BCUT2D eigenvalue weighted by Crippen LogP contribution is -2.40. The number of nitrogens with two attached hydrogens (primary N) is 1. The lowest BCUT2D eigenvalue weighted by Gasteiger charge is -2.24. The molecule has 0 aliphatic rings. The summed E-state index contributed by atoms with van der Waals surface area (Å²) in [4.78, 5) is 23.2. The van der Waals surface area contributed by atoms with Crippen molar-refractivity contribution in [1.29, 1.82) is 0 Å². The van der Waals surface area contributed by atoms with Gasteiger partial charge in [-0.05, 0) is 5.92 Å². The average molecular weight is 216 g/mol. The van der Waals surface area contributed by atoms with Gasteiger partial charge in [0.05, 0.1) is 12.5 Å². The molecule has 1 unspecified atom stereocenters. The van der Waals surface area contributed by atoms with Crippen LogP contribution in [0.5, 0.6) is 0 Å². The van der Waals surface area contributed by atoms with Gasteiger partial charge >= 0.3 is 5.97 Å². The highest BCUT2D eigenvalue weighted by Crippen LogP contribution is 2.04. The Bertz CT molecular complexity index is 229. The lowest BCUT2D eigenvalue weighted by atomic mass is 10.1. The molecule has 0 aromatic rings. The Morgan fingerprint density at radius 1 is 1.27 bits per heavy atom. The van der Waals surface area contributed by atoms with Gasteiger partial charge in [0.2, 0.25) is 5.91 Å². The number of carbonyl (C=O) groups excluding carboxylic acids is 1. The minimum atomic E-state index is -0.853. The maximum absolute atomic E-state index is 10.8. The van der Waals surface area contributed by atoms with E-state index in [1.54, 1.807) is 11.8 Å². The minimum Gasteiger partial charge on any atom is -0.481 e. The van der Waals surface area contributed by atoms with Crippen molar-refractivity contribution in [2.45, 2.75) is 20.8 Å². The molecule has 0 fully saturated rings. The maximum atomic E-state index is 10.8. The van der Waals surface area contributed by atoms with Crippen LogP contribution < -0.4 is 5.73 Å². The summed E-state index contributed by atoms with van der Waals surface area (Å²) in [7, 11) is 0. The Kier molecular flexibility index (Phi) is 5.93. The van der Waals surface area contributed by atoms with Crippen LogP contribution in [-0.4, -0.2) is 41.5 Å². The number of carboxylic acids is 1. The molecule has 15 heavy (non-hydrogen) atoms. The number of carbonyl (C=O) groups is 2. The van der Waals surface area contributed by atoms with Crippen LogP contribution in [0, 0.1) is 11.8 Å². The van der Waals surface area contributed by atoms with E-state index in [9.17, 15) is 9.59 Å². The van der Waals surface area contributed by atoms with Gasteiger partial charge in [-0.2, -0.15) is 0 Å². The van der Waals surface area contributed by atoms with Gasteiger partial charge in [-0.3, -0.25) is 14.5 Å². The van der Waals surface area contributed by atoms with E-state index < -0.39 is 17.8 Å². The van der Waals surface area contributed by atoms with Crippen molar-refractivity contribution >= 4 is 11.9 Å². The highest BCUT2D eigenvalue weighted by Gasteiger charge is 2.18. The third-order valence-corrected chi connectivity index (χ3v) is 1.96. The number of hydrogen-bond donors (Lipinski definition) is 2. The molecule has 5 nitrogen and oxygen atoms in total. The van der Waals surface area contributed by atoms with Crippen LogP contribution in [0.15, 0.2) is 0 Å². The number of carboxylic acid groups (broad SMARTS) is 1. The Hall–Kier alpha value is -1.10. The van der Waals surface area contributed by atoms with Gasteiger partial charge in [-0.25, -0.2) is 0 Å². The van der Waals surface area contributed by atoms with Crippen LogP contribution in [0.2, 0.25) is 0 Å². The van der Waals surface area contributed by atoms with E-state index in [0.717, 1.165) is 0 Å². The number of amides is 1. The largest absolute Gasteiger partial charge is 0.481 e. The topological polar surface area (TPSA) is 83.6 Å². The Labute approximate surface area is 90.2 Å². The molecule has 0 aromatic heterocycles. The van der Waals surface area contributed by atoms with Crippen molar-refractivity contribution in [2.75, 3.05) is 19.6 Å². The van der Waals surface area contributed by atoms with E-state index in [4.69, 9.17) is 10.8 Å². The molecule has 1 amide bonds. The smallest absolute Gasteiger partial charge is 0.307 e. The zero-order valence-corrected chi connectivity index (χ0v) is 9.56. The average Bonchev–Trinajstić information content (AvgIpc) is 2.00. The third-order valence-electron chi connectivity index (χ3n) is 1.96. The highest BCUT2D eigenvalue weighted by atomic mass is 16.4. The van der Waals surface area contributed by atoms with E-state index in [0.29, 0.717) is 19.0 Å². The van der Waals surface area contributed by atoms with E-state index >= 15 is 0 Å². The second-order valence-electron chi connectivity index (χ2n) is 4.29. The second kappa shape index (κ2) is 6.40. The van der Waals surface area contributed by atoms with Crippen molar-refractivity contribution < 1.29 is 14.7 Å². The molecule has 0 heterocycles. The van der Waals surface area contributed by atoms with Crippen LogP contribution in [0.4, 0.5) is 0 Å². The van der Waals surface area contributed by atoms with Crippen LogP contribution in [-0.2, 0) is 9.59 Å². The van der Waals surface area contributed by atoms with E-state index in [1.807, 2.05) is 13.8 Å². The third kappa shape index (κ3) is 6.90. The molecule has 0 aliphatic carbocycles. The number of hydrogen-bond acceptors (Lipinski definition) is 3. The SMILES string of the molecule is CC(C)CN(CC(N)=O)CC(C)C(=O)O. The lowest BCUT2D eigenvalue weighted by molar-refractivity contribution is -0.142. The van der Waals surface area contributed by atoms with Gasteiger partial charge in [0.25, 0.3) is 0 Å². The molecule has 88 valence electrons. The fourth-order valence-electron chi connectivity index (χ4n) is 1.41. The van der Waals surface area contributed by atoms with Gasteiger partial charge in [0.1, 0.15) is 0 Å². The summed E-state index contributed by atoms with van der Waals surface area (Å²) in [5.41, 5.74) is 5.09. The first-order valence-electron chi connectivity index (χ1n) is 5.06. The Morgan fingerprint density at radius 2 is 1.80 bits per heavy atom. The number of primary amides is 1. The molecule has 5 heteroatoms. The van der Waals surface area contributed by atoms with E-state index in [-0.39, 0.29) is 6.54 Å². The Morgan fingerprint density at radius 3 is 2.13 bits per heavy atom. The normalized spacial score (nSPS) is 13.1. The zero-order valence-electron chi connectivity index (χ0n) is 9.56. The van der Waals surface area contributed by atoms with Gasteiger partial charge in [-0.1, -0.05) is 20.8 Å². The first-order chi connectivity index (χ1) is 6.82. The van der Waals surface area contributed by atoms with Crippen LogP contribution in [0.1, 0.15) is 20.8 Å². The number of rotatable bonds is 7. The van der Waals surface area contributed by atoms with Gasteiger partial charge in [0.15, 0.2) is 0 Å². The molecule has 0 radical (unpaired) electrons. The Balaban J connectivity index is 4.23. The number of nitrogens with zero attached hydrogens (tertiary/aromatic N) is 1. The molecular formula is C10H20N2O3. The summed E-state index contributed by atoms with van der Waals surface area (Å²) >= 11 is 0. The molecule has 1 atom stereocenters. The molecular weight excluding hydrogens is 196 g/mol. The van der Waals surface area contributed by atoms with Crippen molar-refractivity contribution in [3.8, 4) is 0 Å². The number of aliphatic carboxylic acids is 1. The summed E-state index contributed by atoms with van der Waals surface area (Å²) < 4.78 is 0. The van der Waals surface area contributed by atoms with Gasteiger partial charge < -0.3 is 10.8 Å². The zero-order chi connectivity index (χ0) is 12.0. The molecule has 0 aromatic carbocycles. The fraction of sp³-hybridized carbons (Fsp3) is 0.800. The molecule has 0 rings (SSSR count). The van der Waals surface area contributed by atoms with Crippen molar-refractivity contribution in [3.63, 3.8) is 0 Å². The molecule has 3 N–H and O–H groups in total. The van der Waals surface area contributed by atoms with Gasteiger partial charge in [-0.15, -0.1) is 0 Å². The molecule has 0 bridgehead atoms. The maximum Gasteiger partial charge on any atom is 0.307 e.